The molecule has 0 radical (unpaired) electrons. The quantitative estimate of drug-likeness (QED) is 0.611. The molecule has 0 spiro atoms. The first-order valence-corrected chi connectivity index (χ1v) is 4.70. The van der Waals surface area contributed by atoms with E-state index in [-0.39, 0.29) is 18.9 Å². The van der Waals surface area contributed by atoms with Crippen molar-refractivity contribution >= 4 is 30.6 Å². The summed E-state index contributed by atoms with van der Waals surface area (Å²) < 4.78 is 0. The van der Waals surface area contributed by atoms with E-state index in [1.165, 1.54) is 11.3 Å². The van der Waals surface area contributed by atoms with E-state index in [9.17, 15) is 0 Å². The van der Waals surface area contributed by atoms with Gasteiger partial charge in [0, 0.05) is 5.75 Å². The van der Waals surface area contributed by atoms with Gasteiger partial charge in [-0.3, -0.25) is 0 Å². The van der Waals surface area contributed by atoms with E-state index in [0.717, 1.165) is 5.75 Å². The third-order valence-electron chi connectivity index (χ3n) is 1.32. The molecule has 0 saturated heterocycles. The van der Waals surface area contributed by atoms with E-state index in [0.29, 0.717) is 0 Å². The van der Waals surface area contributed by atoms with E-state index in [1.54, 1.807) is 0 Å². The minimum absolute atomic E-state index is 0. The maximum atomic E-state index is 2.19. The number of benzene rings is 1. The van der Waals surface area contributed by atoms with Crippen LogP contribution in [0.15, 0.2) is 30.3 Å². The fraction of sp³-hybridized carbons (Fsp3) is 0.333. The van der Waals surface area contributed by atoms with Gasteiger partial charge in [0.25, 0.3) is 0 Å². The number of hydrogen-bond acceptors (Lipinski definition) is 1. The Morgan fingerprint density at radius 3 is 2.36 bits per heavy atom. The van der Waals surface area contributed by atoms with Crippen LogP contribution in [0.25, 0.3) is 0 Å². The molecule has 0 nitrogen and oxygen atoms in total. The third kappa shape index (κ3) is 4.58. The number of thioether (sulfide) groups is 1. The van der Waals surface area contributed by atoms with Crippen molar-refractivity contribution in [2.45, 2.75) is 12.7 Å². The molecule has 11 heavy (non-hydrogen) atoms. The summed E-state index contributed by atoms with van der Waals surface area (Å²) in [4.78, 5) is 0. The fourth-order valence-electron chi connectivity index (χ4n) is 0.794. The van der Waals surface area contributed by atoms with Crippen molar-refractivity contribution < 1.29 is 0 Å². The zero-order valence-electron chi connectivity index (χ0n) is 6.21. The molecule has 0 aliphatic carbocycles. The average molecular weight is 160 g/mol. The molecule has 0 bridgehead atoms. The molecule has 0 aromatic heterocycles. The Labute approximate surface area is 84.9 Å². The van der Waals surface area contributed by atoms with Crippen molar-refractivity contribution in [3.8, 4) is 0 Å². The Kier molecular flexibility index (Phi) is 6.96. The van der Waals surface area contributed by atoms with Crippen LogP contribution < -0.4 is 0 Å². The van der Waals surface area contributed by atoms with Crippen LogP contribution in [0, 0.1) is 0 Å². The van der Waals surface area contributed by atoms with E-state index < -0.39 is 0 Å². The van der Waals surface area contributed by atoms with Crippen LogP contribution in [-0.4, -0.2) is 24.6 Å². The van der Waals surface area contributed by atoms with Gasteiger partial charge in [0.05, 0.1) is 0 Å². The van der Waals surface area contributed by atoms with Crippen molar-refractivity contribution in [3.63, 3.8) is 0 Å². The monoisotopic (exact) mass is 160 g/mol. The molecule has 1 aromatic carbocycles. The molecular formula is C9H13LiS. The summed E-state index contributed by atoms with van der Waals surface area (Å²) >= 11 is 1.96. The van der Waals surface area contributed by atoms with Gasteiger partial charge in [-0.2, -0.15) is 11.8 Å². The van der Waals surface area contributed by atoms with Crippen LogP contribution >= 0.6 is 11.8 Å². The normalized spacial score (nSPS) is 8.82. The molecule has 0 aliphatic heterocycles. The molecular weight excluding hydrogens is 147 g/mol. The minimum atomic E-state index is 0. The molecule has 0 N–H and O–H groups in total. The van der Waals surface area contributed by atoms with Gasteiger partial charge in [0.1, 0.15) is 0 Å². The van der Waals surface area contributed by atoms with Crippen LogP contribution in [-0.2, 0) is 5.75 Å². The average Bonchev–Trinajstić information content (AvgIpc) is 2.03. The first kappa shape index (κ1) is 11.2. The van der Waals surface area contributed by atoms with E-state index >= 15 is 0 Å². The zero-order chi connectivity index (χ0) is 7.23. The predicted molar refractivity (Wildman–Crippen MR) is 55.4 cm³/mol. The number of hydrogen-bond donors (Lipinski definition) is 0. The molecule has 0 unspecified atom stereocenters. The van der Waals surface area contributed by atoms with E-state index in [2.05, 4.69) is 37.3 Å². The summed E-state index contributed by atoms with van der Waals surface area (Å²) in [6.07, 6.45) is 0. The first-order chi connectivity index (χ1) is 4.93. The van der Waals surface area contributed by atoms with Crippen LogP contribution in [0.1, 0.15) is 12.5 Å². The second-order valence-corrected chi connectivity index (χ2v) is 3.40. The Morgan fingerprint density at radius 1 is 1.18 bits per heavy atom. The van der Waals surface area contributed by atoms with Crippen LogP contribution in [0.4, 0.5) is 0 Å². The fourth-order valence-corrected chi connectivity index (χ4v) is 1.43. The summed E-state index contributed by atoms with van der Waals surface area (Å²) in [5.74, 6) is 2.35. The van der Waals surface area contributed by atoms with E-state index in [1.807, 2.05) is 11.8 Å². The van der Waals surface area contributed by atoms with Gasteiger partial charge in [0.2, 0.25) is 0 Å². The third-order valence-corrected chi connectivity index (χ3v) is 2.26. The molecule has 2 heteroatoms. The second-order valence-electron chi connectivity index (χ2n) is 2.12. The second kappa shape index (κ2) is 6.85. The van der Waals surface area contributed by atoms with Crippen molar-refractivity contribution in [3.05, 3.63) is 35.9 Å². The Hall–Kier alpha value is 0.167. The van der Waals surface area contributed by atoms with Gasteiger partial charge < -0.3 is 0 Å². The standard InChI is InChI=1S/C9H12S.Li.H/c1-2-10-8-9-6-4-3-5-7-9;;/h3-7H,2,8H2,1H3;;. The summed E-state index contributed by atoms with van der Waals surface area (Å²) in [5.41, 5.74) is 1.43. The maximum absolute atomic E-state index is 2.19. The van der Waals surface area contributed by atoms with Crippen molar-refractivity contribution in [1.29, 1.82) is 0 Å². The van der Waals surface area contributed by atoms with Gasteiger partial charge in [-0.25, -0.2) is 0 Å². The van der Waals surface area contributed by atoms with Gasteiger partial charge in [-0.05, 0) is 11.3 Å². The van der Waals surface area contributed by atoms with E-state index in [4.69, 9.17) is 0 Å². The Bertz CT molecular complexity index is 174. The topological polar surface area (TPSA) is 0 Å². The molecule has 0 heterocycles. The summed E-state index contributed by atoms with van der Waals surface area (Å²) in [7, 11) is 0. The molecule has 0 atom stereocenters. The first-order valence-electron chi connectivity index (χ1n) is 3.55. The molecule has 1 rings (SSSR count). The van der Waals surface area contributed by atoms with Crippen molar-refractivity contribution in [2.24, 2.45) is 0 Å². The van der Waals surface area contributed by atoms with Crippen LogP contribution in [0.3, 0.4) is 0 Å². The molecule has 56 valence electrons. The van der Waals surface area contributed by atoms with Gasteiger partial charge in [-0.1, -0.05) is 37.3 Å². The zero-order valence-corrected chi connectivity index (χ0v) is 7.03. The molecule has 0 fully saturated rings. The predicted octanol–water partition coefficient (Wildman–Crippen LogP) is 2.29. The summed E-state index contributed by atoms with van der Waals surface area (Å²) in [5, 5.41) is 0. The number of rotatable bonds is 3. The SMILES string of the molecule is CCSCc1ccccc1.[LiH]. The van der Waals surface area contributed by atoms with Crippen LogP contribution in [0.2, 0.25) is 0 Å². The van der Waals surface area contributed by atoms with Crippen molar-refractivity contribution in [1.82, 2.24) is 0 Å². The van der Waals surface area contributed by atoms with Gasteiger partial charge >= 0.3 is 18.9 Å². The Morgan fingerprint density at radius 2 is 1.82 bits per heavy atom. The Balaban J connectivity index is 0.000001000. The summed E-state index contributed by atoms with van der Waals surface area (Å²) in [6.45, 7) is 2.19. The van der Waals surface area contributed by atoms with Gasteiger partial charge in [-0.15, -0.1) is 0 Å². The molecule has 1 aromatic rings. The molecule has 0 amide bonds. The van der Waals surface area contributed by atoms with Crippen LogP contribution in [0.5, 0.6) is 0 Å². The summed E-state index contributed by atoms with van der Waals surface area (Å²) in [6, 6.07) is 10.6. The molecule has 0 saturated carbocycles. The molecule has 0 aliphatic rings. The van der Waals surface area contributed by atoms with Gasteiger partial charge in [0.15, 0.2) is 0 Å². The van der Waals surface area contributed by atoms with Crippen molar-refractivity contribution in [2.75, 3.05) is 5.75 Å².